The van der Waals surface area contributed by atoms with Crippen LogP contribution in [0.5, 0.6) is 5.75 Å². The summed E-state index contributed by atoms with van der Waals surface area (Å²) in [6.45, 7) is 8.16. The second kappa shape index (κ2) is 15.3. The van der Waals surface area contributed by atoms with Crippen molar-refractivity contribution < 1.29 is 9.47 Å². The highest BCUT2D eigenvalue weighted by Gasteiger charge is 2.06. The van der Waals surface area contributed by atoms with Crippen LogP contribution in [0, 0.1) is 0 Å². The molecule has 6 heteroatoms. The topological polar surface area (TPSA) is 46.1 Å². The van der Waals surface area contributed by atoms with Crippen LogP contribution in [0.2, 0.25) is 0 Å². The van der Waals surface area contributed by atoms with Gasteiger partial charge in [-0.05, 0) is 50.8 Å². The van der Waals surface area contributed by atoms with Crippen LogP contribution in [-0.2, 0) is 11.3 Å². The number of rotatable bonds is 11. The molecule has 0 heterocycles. The van der Waals surface area contributed by atoms with E-state index in [-0.39, 0.29) is 24.0 Å². The number of benzene rings is 1. The molecule has 1 rings (SSSR count). The molecule has 0 aliphatic carbocycles. The van der Waals surface area contributed by atoms with Gasteiger partial charge in [-0.3, -0.25) is 4.99 Å². The molecule has 5 nitrogen and oxygen atoms in total. The molecule has 0 fully saturated rings. The molecule has 0 spiro atoms. The fraction of sp³-hybridized carbons (Fsp3) is 0.632. The first kappa shape index (κ1) is 24.0. The lowest BCUT2D eigenvalue weighted by Gasteiger charge is -2.22. The molecule has 1 N–H and O–H groups in total. The molecule has 0 atom stereocenters. The Morgan fingerprint density at radius 1 is 1.12 bits per heavy atom. The van der Waals surface area contributed by atoms with Crippen LogP contribution >= 0.6 is 24.0 Å². The number of aliphatic imine (C=N–C) groups is 1. The molecular formula is C19H34IN3O2. The lowest BCUT2D eigenvalue weighted by molar-refractivity contribution is 0.192. The van der Waals surface area contributed by atoms with Gasteiger partial charge in [-0.25, -0.2) is 0 Å². The van der Waals surface area contributed by atoms with Crippen LogP contribution in [0.1, 0.15) is 38.7 Å². The van der Waals surface area contributed by atoms with Gasteiger partial charge in [-0.15, -0.1) is 24.0 Å². The highest BCUT2D eigenvalue weighted by molar-refractivity contribution is 14.0. The summed E-state index contributed by atoms with van der Waals surface area (Å²) in [5.41, 5.74) is 1.24. The maximum Gasteiger partial charge on any atom is 0.193 e. The van der Waals surface area contributed by atoms with E-state index in [4.69, 9.17) is 14.5 Å². The van der Waals surface area contributed by atoms with Gasteiger partial charge in [-0.1, -0.05) is 12.1 Å². The Morgan fingerprint density at radius 3 is 2.44 bits per heavy atom. The van der Waals surface area contributed by atoms with Crippen molar-refractivity contribution in [2.75, 3.05) is 40.5 Å². The minimum absolute atomic E-state index is 0. The molecule has 0 amide bonds. The molecule has 0 saturated heterocycles. The van der Waals surface area contributed by atoms with Gasteiger partial charge >= 0.3 is 0 Å². The maximum absolute atomic E-state index is 5.49. The van der Waals surface area contributed by atoms with Gasteiger partial charge in [-0.2, -0.15) is 0 Å². The van der Waals surface area contributed by atoms with Gasteiger partial charge in [0.15, 0.2) is 5.96 Å². The zero-order valence-electron chi connectivity index (χ0n) is 16.1. The Hall–Kier alpha value is -1.02. The number of nitrogens with zero attached hydrogens (tertiary/aromatic N) is 2. The zero-order chi connectivity index (χ0) is 17.6. The van der Waals surface area contributed by atoms with Crippen molar-refractivity contribution in [3.63, 3.8) is 0 Å². The number of nitrogens with one attached hydrogen (secondary N) is 1. The van der Waals surface area contributed by atoms with E-state index in [2.05, 4.69) is 36.3 Å². The van der Waals surface area contributed by atoms with Crippen LogP contribution in [0.25, 0.3) is 0 Å². The van der Waals surface area contributed by atoms with Crippen molar-refractivity contribution in [3.05, 3.63) is 29.8 Å². The average molecular weight is 463 g/mol. The SMILES string of the molecule is CCNC(=NCCCCCOC)N(C)Cc1ccc(OCC)cc1.I. The van der Waals surface area contributed by atoms with Gasteiger partial charge in [0, 0.05) is 40.4 Å². The second-order valence-electron chi connectivity index (χ2n) is 5.72. The number of hydrogen-bond donors (Lipinski definition) is 1. The number of unbranched alkanes of at least 4 members (excludes halogenated alkanes) is 2. The van der Waals surface area contributed by atoms with Crippen LogP contribution in [0.3, 0.4) is 0 Å². The fourth-order valence-electron chi connectivity index (χ4n) is 2.40. The summed E-state index contributed by atoms with van der Waals surface area (Å²) < 4.78 is 10.6. The lowest BCUT2D eigenvalue weighted by Crippen LogP contribution is -2.38. The maximum atomic E-state index is 5.49. The molecule has 1 aromatic rings. The number of hydrogen-bond acceptors (Lipinski definition) is 3. The van der Waals surface area contributed by atoms with Gasteiger partial charge in [0.2, 0.25) is 0 Å². The Morgan fingerprint density at radius 2 is 1.84 bits per heavy atom. The molecule has 25 heavy (non-hydrogen) atoms. The van der Waals surface area contributed by atoms with Gasteiger partial charge in [0.1, 0.15) is 5.75 Å². The van der Waals surface area contributed by atoms with E-state index >= 15 is 0 Å². The Labute approximate surface area is 170 Å². The van der Waals surface area contributed by atoms with E-state index < -0.39 is 0 Å². The first-order valence-electron chi connectivity index (χ1n) is 8.91. The average Bonchev–Trinajstić information content (AvgIpc) is 2.59. The fourth-order valence-corrected chi connectivity index (χ4v) is 2.40. The number of ether oxygens (including phenoxy) is 2. The third-order valence-electron chi connectivity index (χ3n) is 3.62. The summed E-state index contributed by atoms with van der Waals surface area (Å²) in [7, 11) is 3.82. The van der Waals surface area contributed by atoms with Gasteiger partial charge in [0.05, 0.1) is 6.61 Å². The van der Waals surface area contributed by atoms with Crippen molar-refractivity contribution in [1.82, 2.24) is 10.2 Å². The van der Waals surface area contributed by atoms with E-state index in [1.165, 1.54) is 5.56 Å². The van der Waals surface area contributed by atoms with Crippen molar-refractivity contribution in [3.8, 4) is 5.75 Å². The van der Waals surface area contributed by atoms with E-state index in [9.17, 15) is 0 Å². The Bertz CT molecular complexity index is 466. The molecule has 1 aromatic carbocycles. The van der Waals surface area contributed by atoms with E-state index in [0.717, 1.165) is 57.2 Å². The molecule has 0 aliphatic heterocycles. The summed E-state index contributed by atoms with van der Waals surface area (Å²) in [5.74, 6) is 1.87. The molecule has 144 valence electrons. The number of halogens is 1. The van der Waals surface area contributed by atoms with Crippen molar-refractivity contribution in [2.45, 2.75) is 39.7 Å². The normalized spacial score (nSPS) is 11.0. The summed E-state index contributed by atoms with van der Waals surface area (Å²) in [4.78, 5) is 6.88. The van der Waals surface area contributed by atoms with E-state index in [1.54, 1.807) is 7.11 Å². The Balaban J connectivity index is 0.00000576. The molecule has 0 saturated carbocycles. The third kappa shape index (κ3) is 10.5. The van der Waals surface area contributed by atoms with Crippen molar-refractivity contribution >= 4 is 29.9 Å². The van der Waals surface area contributed by atoms with E-state index in [1.807, 2.05) is 19.1 Å². The molecule has 0 unspecified atom stereocenters. The van der Waals surface area contributed by atoms with Gasteiger partial charge in [0.25, 0.3) is 0 Å². The third-order valence-corrected chi connectivity index (χ3v) is 3.62. The number of guanidine groups is 1. The van der Waals surface area contributed by atoms with Crippen LogP contribution in [0.15, 0.2) is 29.3 Å². The highest BCUT2D eigenvalue weighted by atomic mass is 127. The van der Waals surface area contributed by atoms with Crippen molar-refractivity contribution in [1.29, 1.82) is 0 Å². The van der Waals surface area contributed by atoms with Crippen molar-refractivity contribution in [2.24, 2.45) is 4.99 Å². The molecule has 0 aromatic heterocycles. The highest BCUT2D eigenvalue weighted by Crippen LogP contribution is 2.13. The minimum atomic E-state index is 0. The first-order chi connectivity index (χ1) is 11.7. The second-order valence-corrected chi connectivity index (χ2v) is 5.72. The van der Waals surface area contributed by atoms with E-state index in [0.29, 0.717) is 6.61 Å². The molecule has 0 radical (unpaired) electrons. The first-order valence-corrected chi connectivity index (χ1v) is 8.91. The predicted molar refractivity (Wildman–Crippen MR) is 116 cm³/mol. The largest absolute Gasteiger partial charge is 0.494 e. The van der Waals surface area contributed by atoms with Crippen LogP contribution < -0.4 is 10.1 Å². The summed E-state index contributed by atoms with van der Waals surface area (Å²) in [6.07, 6.45) is 3.35. The predicted octanol–water partition coefficient (Wildman–Crippen LogP) is 3.92. The zero-order valence-corrected chi connectivity index (χ0v) is 18.4. The Kier molecular flexibility index (Phi) is 14.6. The minimum Gasteiger partial charge on any atom is -0.494 e. The number of methoxy groups -OCH3 is 1. The monoisotopic (exact) mass is 463 g/mol. The lowest BCUT2D eigenvalue weighted by atomic mass is 10.2. The standard InChI is InChI=1S/C19H33N3O2.HI/c1-5-20-19(21-14-8-7-9-15-23-4)22(3)16-17-10-12-18(13-11-17)24-6-2;/h10-13H,5-9,14-16H2,1-4H3,(H,20,21);1H. The van der Waals surface area contributed by atoms with Gasteiger partial charge < -0.3 is 19.7 Å². The summed E-state index contributed by atoms with van der Waals surface area (Å²) in [6, 6.07) is 8.25. The summed E-state index contributed by atoms with van der Waals surface area (Å²) >= 11 is 0. The molecule has 0 bridgehead atoms. The quantitative estimate of drug-likeness (QED) is 0.234. The molecule has 0 aliphatic rings. The van der Waals surface area contributed by atoms with Crippen LogP contribution in [0.4, 0.5) is 0 Å². The smallest absolute Gasteiger partial charge is 0.193 e. The van der Waals surface area contributed by atoms with Crippen LogP contribution in [-0.4, -0.2) is 51.3 Å². The summed E-state index contributed by atoms with van der Waals surface area (Å²) in [5, 5.41) is 3.36. The molecular weight excluding hydrogens is 429 g/mol.